The van der Waals surface area contributed by atoms with Crippen LogP contribution in [0.4, 0.5) is 11.4 Å². The van der Waals surface area contributed by atoms with E-state index in [2.05, 4.69) is 5.32 Å². The SMILES string of the molecule is Cc1ccc(N)cc1C(=O)NC1CCCc2cc(N)ccc21. The number of nitrogens with one attached hydrogen (secondary N) is 1. The number of benzene rings is 2. The highest BCUT2D eigenvalue weighted by Crippen LogP contribution is 2.31. The van der Waals surface area contributed by atoms with Crippen molar-refractivity contribution in [3.63, 3.8) is 0 Å². The molecule has 0 bridgehead atoms. The van der Waals surface area contributed by atoms with Gasteiger partial charge in [-0.1, -0.05) is 12.1 Å². The lowest BCUT2D eigenvalue weighted by Gasteiger charge is -2.27. The first-order chi connectivity index (χ1) is 10.5. The summed E-state index contributed by atoms with van der Waals surface area (Å²) in [5.41, 5.74) is 17.0. The number of nitrogen functional groups attached to an aromatic ring is 2. The van der Waals surface area contributed by atoms with Gasteiger partial charge >= 0.3 is 0 Å². The monoisotopic (exact) mass is 295 g/mol. The Balaban J connectivity index is 1.85. The molecule has 0 heterocycles. The summed E-state index contributed by atoms with van der Waals surface area (Å²) in [6.07, 6.45) is 3.02. The van der Waals surface area contributed by atoms with Crippen LogP contribution in [0.5, 0.6) is 0 Å². The lowest BCUT2D eigenvalue weighted by molar-refractivity contribution is 0.0932. The Morgan fingerprint density at radius 1 is 1.14 bits per heavy atom. The van der Waals surface area contributed by atoms with Crippen molar-refractivity contribution in [3.05, 3.63) is 58.7 Å². The van der Waals surface area contributed by atoms with Crippen LogP contribution in [0.3, 0.4) is 0 Å². The normalized spacial score (nSPS) is 16.9. The highest BCUT2D eigenvalue weighted by molar-refractivity contribution is 5.96. The van der Waals surface area contributed by atoms with E-state index in [1.807, 2.05) is 37.3 Å². The van der Waals surface area contributed by atoms with Crippen LogP contribution in [0.25, 0.3) is 0 Å². The van der Waals surface area contributed by atoms with E-state index < -0.39 is 0 Å². The molecule has 4 nitrogen and oxygen atoms in total. The second-order valence-corrected chi connectivity index (χ2v) is 5.95. The number of amides is 1. The van der Waals surface area contributed by atoms with Gasteiger partial charge in [-0.3, -0.25) is 4.79 Å². The van der Waals surface area contributed by atoms with Gasteiger partial charge in [0, 0.05) is 16.9 Å². The third-order valence-corrected chi connectivity index (χ3v) is 4.29. The van der Waals surface area contributed by atoms with Crippen molar-refractivity contribution in [1.29, 1.82) is 0 Å². The van der Waals surface area contributed by atoms with Gasteiger partial charge in [-0.2, -0.15) is 0 Å². The summed E-state index contributed by atoms with van der Waals surface area (Å²) in [4.78, 5) is 12.6. The minimum absolute atomic E-state index is 0.0395. The molecule has 4 heteroatoms. The van der Waals surface area contributed by atoms with Gasteiger partial charge in [0.25, 0.3) is 5.91 Å². The zero-order chi connectivity index (χ0) is 15.7. The Kier molecular flexibility index (Phi) is 3.75. The molecule has 2 aromatic carbocycles. The average Bonchev–Trinajstić information content (AvgIpc) is 2.49. The molecule has 1 aliphatic rings. The zero-order valence-electron chi connectivity index (χ0n) is 12.7. The maximum atomic E-state index is 12.6. The zero-order valence-corrected chi connectivity index (χ0v) is 12.7. The maximum Gasteiger partial charge on any atom is 0.252 e. The minimum atomic E-state index is -0.0699. The van der Waals surface area contributed by atoms with Gasteiger partial charge in [-0.05, 0) is 67.1 Å². The van der Waals surface area contributed by atoms with Crippen molar-refractivity contribution >= 4 is 17.3 Å². The Hall–Kier alpha value is -2.49. The number of carbonyl (C=O) groups excluding carboxylic acids is 1. The third kappa shape index (κ3) is 2.77. The predicted molar refractivity (Wildman–Crippen MR) is 89.6 cm³/mol. The summed E-state index contributed by atoms with van der Waals surface area (Å²) in [6.45, 7) is 1.92. The molecule has 22 heavy (non-hydrogen) atoms. The van der Waals surface area contributed by atoms with Crippen molar-refractivity contribution < 1.29 is 4.79 Å². The molecule has 114 valence electrons. The molecule has 0 aliphatic heterocycles. The number of hydrogen-bond acceptors (Lipinski definition) is 3. The predicted octanol–water partition coefficient (Wildman–Crippen LogP) is 2.97. The van der Waals surface area contributed by atoms with Crippen LogP contribution >= 0.6 is 0 Å². The van der Waals surface area contributed by atoms with Gasteiger partial charge in [0.15, 0.2) is 0 Å². The van der Waals surface area contributed by atoms with Gasteiger partial charge in [-0.15, -0.1) is 0 Å². The Morgan fingerprint density at radius 2 is 1.86 bits per heavy atom. The summed E-state index contributed by atoms with van der Waals surface area (Å²) in [6, 6.07) is 11.4. The van der Waals surface area contributed by atoms with E-state index in [1.54, 1.807) is 6.07 Å². The largest absolute Gasteiger partial charge is 0.399 e. The van der Waals surface area contributed by atoms with Gasteiger partial charge in [0.1, 0.15) is 0 Å². The van der Waals surface area contributed by atoms with E-state index in [9.17, 15) is 4.79 Å². The number of nitrogens with two attached hydrogens (primary N) is 2. The number of rotatable bonds is 2. The summed E-state index contributed by atoms with van der Waals surface area (Å²) in [7, 11) is 0. The fourth-order valence-corrected chi connectivity index (χ4v) is 3.10. The topological polar surface area (TPSA) is 81.1 Å². The summed E-state index contributed by atoms with van der Waals surface area (Å²) in [5, 5.41) is 3.14. The Morgan fingerprint density at radius 3 is 2.68 bits per heavy atom. The molecular formula is C18H21N3O. The molecule has 1 unspecified atom stereocenters. The highest BCUT2D eigenvalue weighted by Gasteiger charge is 2.23. The van der Waals surface area contributed by atoms with Crippen LogP contribution in [0.15, 0.2) is 36.4 Å². The Bertz CT molecular complexity index is 724. The van der Waals surface area contributed by atoms with E-state index >= 15 is 0 Å². The second kappa shape index (κ2) is 5.72. The molecule has 5 N–H and O–H groups in total. The van der Waals surface area contributed by atoms with Crippen LogP contribution in [-0.2, 0) is 6.42 Å². The molecule has 1 amide bonds. The fraction of sp³-hybridized carbons (Fsp3) is 0.278. The van der Waals surface area contributed by atoms with Crippen LogP contribution in [0.2, 0.25) is 0 Å². The molecular weight excluding hydrogens is 274 g/mol. The molecule has 0 radical (unpaired) electrons. The minimum Gasteiger partial charge on any atom is -0.399 e. The summed E-state index contributed by atoms with van der Waals surface area (Å²) >= 11 is 0. The van der Waals surface area contributed by atoms with E-state index in [-0.39, 0.29) is 11.9 Å². The first kappa shape index (κ1) is 14.4. The molecule has 1 atom stereocenters. The average molecular weight is 295 g/mol. The molecule has 1 aliphatic carbocycles. The number of fused-ring (bicyclic) bond motifs is 1. The van der Waals surface area contributed by atoms with E-state index in [0.29, 0.717) is 11.3 Å². The number of anilines is 2. The smallest absolute Gasteiger partial charge is 0.252 e. The van der Waals surface area contributed by atoms with Crippen LogP contribution in [0, 0.1) is 6.92 Å². The first-order valence-electron chi connectivity index (χ1n) is 7.60. The molecule has 3 rings (SSSR count). The van der Waals surface area contributed by atoms with E-state index in [0.717, 1.165) is 30.5 Å². The van der Waals surface area contributed by atoms with Gasteiger partial charge in [-0.25, -0.2) is 0 Å². The summed E-state index contributed by atoms with van der Waals surface area (Å²) in [5.74, 6) is -0.0699. The molecule has 0 spiro atoms. The van der Waals surface area contributed by atoms with Gasteiger partial charge < -0.3 is 16.8 Å². The van der Waals surface area contributed by atoms with E-state index in [1.165, 1.54) is 11.1 Å². The van der Waals surface area contributed by atoms with Gasteiger partial charge in [0.05, 0.1) is 6.04 Å². The number of hydrogen-bond donors (Lipinski definition) is 3. The standard InChI is InChI=1S/C18H21N3O/c1-11-5-6-14(20)10-16(11)18(22)21-17-4-2-3-12-9-13(19)7-8-15(12)17/h5-10,17H,2-4,19-20H2,1H3,(H,21,22). The summed E-state index contributed by atoms with van der Waals surface area (Å²) < 4.78 is 0. The molecule has 0 saturated heterocycles. The molecule has 0 saturated carbocycles. The maximum absolute atomic E-state index is 12.6. The lowest BCUT2D eigenvalue weighted by Crippen LogP contribution is -2.31. The highest BCUT2D eigenvalue weighted by atomic mass is 16.1. The molecule has 0 fully saturated rings. The quantitative estimate of drug-likeness (QED) is 0.745. The van der Waals surface area contributed by atoms with Crippen molar-refractivity contribution in [2.45, 2.75) is 32.2 Å². The fourth-order valence-electron chi connectivity index (χ4n) is 3.10. The second-order valence-electron chi connectivity index (χ2n) is 5.95. The van der Waals surface area contributed by atoms with Gasteiger partial charge in [0.2, 0.25) is 0 Å². The molecule has 0 aromatic heterocycles. The van der Waals surface area contributed by atoms with Crippen molar-refractivity contribution in [3.8, 4) is 0 Å². The van der Waals surface area contributed by atoms with Crippen molar-refractivity contribution in [2.24, 2.45) is 0 Å². The number of aryl methyl sites for hydroxylation is 2. The third-order valence-electron chi connectivity index (χ3n) is 4.29. The lowest BCUT2D eigenvalue weighted by atomic mass is 9.87. The van der Waals surface area contributed by atoms with Crippen molar-refractivity contribution in [1.82, 2.24) is 5.32 Å². The van der Waals surface area contributed by atoms with Crippen molar-refractivity contribution in [2.75, 3.05) is 11.5 Å². The van der Waals surface area contributed by atoms with E-state index in [4.69, 9.17) is 11.5 Å². The first-order valence-corrected chi connectivity index (χ1v) is 7.60. The van der Waals surface area contributed by atoms with Crippen LogP contribution in [-0.4, -0.2) is 5.91 Å². The van der Waals surface area contributed by atoms with Crippen LogP contribution in [0.1, 0.15) is 45.9 Å². The molecule has 2 aromatic rings. The van der Waals surface area contributed by atoms with Crippen LogP contribution < -0.4 is 16.8 Å². The Labute approximate surface area is 130 Å². The number of carbonyl (C=O) groups is 1.